The van der Waals surface area contributed by atoms with E-state index in [-0.39, 0.29) is 23.6 Å². The van der Waals surface area contributed by atoms with E-state index in [9.17, 15) is 13.2 Å². The molecule has 0 radical (unpaired) electrons. The zero-order chi connectivity index (χ0) is 18.6. The molecule has 1 amide bonds. The number of sulfonamides is 1. The molecule has 0 aliphatic carbocycles. The summed E-state index contributed by atoms with van der Waals surface area (Å²) in [4.78, 5) is 15.0. The van der Waals surface area contributed by atoms with Gasteiger partial charge in [0.1, 0.15) is 0 Å². The van der Waals surface area contributed by atoms with Crippen molar-refractivity contribution in [2.75, 3.05) is 38.5 Å². The Morgan fingerprint density at radius 3 is 2.24 bits per heavy atom. The van der Waals surface area contributed by atoms with Crippen LogP contribution < -0.4 is 5.32 Å². The van der Waals surface area contributed by atoms with Crippen molar-refractivity contribution < 1.29 is 13.2 Å². The van der Waals surface area contributed by atoms with Crippen LogP contribution in [0.2, 0.25) is 0 Å². The Labute approximate surface area is 153 Å². The fourth-order valence-corrected chi connectivity index (χ4v) is 5.45. The monoisotopic (exact) mass is 373 g/mol. The Balaban J connectivity index is 1.76. The van der Waals surface area contributed by atoms with Gasteiger partial charge in [-0.05, 0) is 44.9 Å². The fourth-order valence-electron chi connectivity index (χ4n) is 4.31. The summed E-state index contributed by atoms with van der Waals surface area (Å²) in [6, 6.07) is 0.127. The van der Waals surface area contributed by atoms with Crippen molar-refractivity contribution >= 4 is 15.9 Å². The van der Waals surface area contributed by atoms with E-state index in [0.717, 1.165) is 31.5 Å². The number of carbonyl (C=O) groups is 1. The predicted octanol–water partition coefficient (Wildman–Crippen LogP) is 1.53. The SMILES string of the molecule is CCS(=O)(=O)N1CCC(C(=O)NC(C)CN2CC(C)CC(C)C2)CC1. The molecule has 0 saturated carbocycles. The number of hydrogen-bond acceptors (Lipinski definition) is 4. The van der Waals surface area contributed by atoms with Crippen LogP contribution in [0.15, 0.2) is 0 Å². The number of likely N-dealkylation sites (tertiary alicyclic amines) is 1. The number of hydrogen-bond donors (Lipinski definition) is 1. The summed E-state index contributed by atoms with van der Waals surface area (Å²) in [7, 11) is -3.13. The molecular weight excluding hydrogens is 338 g/mol. The Kier molecular flexibility index (Phi) is 7.29. The molecule has 0 aromatic rings. The molecule has 1 N–H and O–H groups in total. The van der Waals surface area contributed by atoms with Crippen LogP contribution in [-0.4, -0.2) is 68.0 Å². The molecule has 0 bridgehead atoms. The zero-order valence-corrected chi connectivity index (χ0v) is 17.0. The average molecular weight is 374 g/mol. The minimum absolute atomic E-state index is 0.0649. The molecule has 3 unspecified atom stereocenters. The van der Waals surface area contributed by atoms with Crippen LogP contribution in [0.25, 0.3) is 0 Å². The first-order valence-electron chi connectivity index (χ1n) is 9.71. The van der Waals surface area contributed by atoms with Crippen LogP contribution in [0.1, 0.15) is 47.0 Å². The molecule has 25 heavy (non-hydrogen) atoms. The molecule has 2 fully saturated rings. The van der Waals surface area contributed by atoms with Crippen LogP contribution in [0.3, 0.4) is 0 Å². The summed E-state index contributed by atoms with van der Waals surface area (Å²) < 4.78 is 25.3. The maximum Gasteiger partial charge on any atom is 0.223 e. The first-order valence-corrected chi connectivity index (χ1v) is 11.3. The third-order valence-electron chi connectivity index (χ3n) is 5.45. The van der Waals surface area contributed by atoms with Crippen molar-refractivity contribution in [3.05, 3.63) is 0 Å². The molecule has 2 heterocycles. The number of piperidine rings is 2. The van der Waals surface area contributed by atoms with E-state index < -0.39 is 10.0 Å². The van der Waals surface area contributed by atoms with Gasteiger partial charge in [-0.1, -0.05) is 13.8 Å². The molecule has 146 valence electrons. The van der Waals surface area contributed by atoms with E-state index in [1.165, 1.54) is 10.7 Å². The first kappa shape index (κ1) is 20.6. The lowest BCUT2D eigenvalue weighted by atomic mass is 9.91. The second-order valence-electron chi connectivity index (χ2n) is 8.15. The molecule has 2 aliphatic heterocycles. The van der Waals surface area contributed by atoms with E-state index in [4.69, 9.17) is 0 Å². The highest BCUT2D eigenvalue weighted by molar-refractivity contribution is 7.89. The lowest BCUT2D eigenvalue weighted by Crippen LogP contribution is -2.49. The molecule has 2 aliphatic rings. The van der Waals surface area contributed by atoms with E-state index in [1.54, 1.807) is 6.92 Å². The van der Waals surface area contributed by atoms with Crippen LogP contribution in [0.5, 0.6) is 0 Å². The van der Waals surface area contributed by atoms with Crippen molar-refractivity contribution in [3.63, 3.8) is 0 Å². The van der Waals surface area contributed by atoms with Gasteiger partial charge in [-0.2, -0.15) is 0 Å². The Bertz CT molecular complexity index is 534. The fraction of sp³-hybridized carbons (Fsp3) is 0.944. The molecule has 2 saturated heterocycles. The maximum atomic E-state index is 12.5. The largest absolute Gasteiger partial charge is 0.352 e. The summed E-state index contributed by atoms with van der Waals surface area (Å²) >= 11 is 0. The number of carbonyl (C=O) groups excluding carboxylic acids is 1. The predicted molar refractivity (Wildman–Crippen MR) is 101 cm³/mol. The molecule has 2 rings (SSSR count). The van der Waals surface area contributed by atoms with Gasteiger partial charge < -0.3 is 10.2 Å². The topological polar surface area (TPSA) is 69.7 Å². The van der Waals surface area contributed by atoms with Gasteiger partial charge in [0.05, 0.1) is 5.75 Å². The van der Waals surface area contributed by atoms with Gasteiger partial charge in [-0.3, -0.25) is 4.79 Å². The highest BCUT2D eigenvalue weighted by atomic mass is 32.2. The Hall–Kier alpha value is -0.660. The van der Waals surface area contributed by atoms with Crippen LogP contribution in [-0.2, 0) is 14.8 Å². The quantitative estimate of drug-likeness (QED) is 0.767. The summed E-state index contributed by atoms with van der Waals surface area (Å²) in [5.41, 5.74) is 0. The zero-order valence-electron chi connectivity index (χ0n) is 16.2. The number of nitrogens with one attached hydrogen (secondary N) is 1. The van der Waals surface area contributed by atoms with Gasteiger partial charge in [0.25, 0.3) is 0 Å². The summed E-state index contributed by atoms with van der Waals surface area (Å²) in [5, 5.41) is 3.15. The third kappa shape index (κ3) is 5.93. The number of nitrogens with zero attached hydrogens (tertiary/aromatic N) is 2. The van der Waals surface area contributed by atoms with Gasteiger partial charge in [0.15, 0.2) is 0 Å². The van der Waals surface area contributed by atoms with Gasteiger partial charge >= 0.3 is 0 Å². The number of amides is 1. The van der Waals surface area contributed by atoms with Crippen molar-refractivity contribution in [1.82, 2.24) is 14.5 Å². The van der Waals surface area contributed by atoms with Crippen molar-refractivity contribution in [3.8, 4) is 0 Å². The first-order chi connectivity index (χ1) is 11.7. The van der Waals surface area contributed by atoms with Crippen LogP contribution in [0.4, 0.5) is 0 Å². The summed E-state index contributed by atoms with van der Waals surface area (Å²) in [6.07, 6.45) is 2.53. The minimum Gasteiger partial charge on any atom is -0.352 e. The normalized spacial score (nSPS) is 28.6. The highest BCUT2D eigenvalue weighted by Gasteiger charge is 2.31. The standard InChI is InChI=1S/C18H35N3O3S/c1-5-25(23,24)21-8-6-17(7-9-21)18(22)19-16(4)13-20-11-14(2)10-15(3)12-20/h14-17H,5-13H2,1-4H3,(H,19,22). The lowest BCUT2D eigenvalue weighted by Gasteiger charge is -2.37. The van der Waals surface area contributed by atoms with Gasteiger partial charge in [-0.15, -0.1) is 0 Å². The highest BCUT2D eigenvalue weighted by Crippen LogP contribution is 2.22. The van der Waals surface area contributed by atoms with E-state index in [0.29, 0.717) is 25.9 Å². The van der Waals surface area contributed by atoms with Crippen molar-refractivity contribution in [2.45, 2.75) is 53.0 Å². The van der Waals surface area contributed by atoms with Crippen LogP contribution in [0, 0.1) is 17.8 Å². The van der Waals surface area contributed by atoms with Crippen LogP contribution >= 0.6 is 0 Å². The summed E-state index contributed by atoms with van der Waals surface area (Å²) in [5.74, 6) is 1.59. The van der Waals surface area contributed by atoms with Crippen molar-refractivity contribution in [1.29, 1.82) is 0 Å². The van der Waals surface area contributed by atoms with E-state index in [2.05, 4.69) is 31.0 Å². The average Bonchev–Trinajstić information content (AvgIpc) is 2.53. The van der Waals surface area contributed by atoms with Gasteiger partial charge in [0.2, 0.25) is 15.9 Å². The maximum absolute atomic E-state index is 12.5. The molecule has 0 aromatic heterocycles. The molecule has 0 aromatic carbocycles. The second kappa shape index (κ2) is 8.82. The molecule has 0 spiro atoms. The smallest absolute Gasteiger partial charge is 0.223 e. The molecule has 7 heteroatoms. The second-order valence-corrected chi connectivity index (χ2v) is 10.4. The lowest BCUT2D eigenvalue weighted by molar-refractivity contribution is -0.126. The minimum atomic E-state index is -3.13. The summed E-state index contributed by atoms with van der Waals surface area (Å²) in [6.45, 7) is 12.4. The van der Waals surface area contributed by atoms with Gasteiger partial charge in [-0.25, -0.2) is 12.7 Å². The Morgan fingerprint density at radius 1 is 1.16 bits per heavy atom. The molecular formula is C18H35N3O3S. The molecule has 6 nitrogen and oxygen atoms in total. The Morgan fingerprint density at radius 2 is 1.72 bits per heavy atom. The van der Waals surface area contributed by atoms with Gasteiger partial charge in [0, 0.05) is 44.7 Å². The van der Waals surface area contributed by atoms with Crippen molar-refractivity contribution in [2.24, 2.45) is 17.8 Å². The number of rotatable bonds is 6. The van der Waals surface area contributed by atoms with E-state index >= 15 is 0 Å². The molecule has 3 atom stereocenters. The third-order valence-corrected chi connectivity index (χ3v) is 7.33. The van der Waals surface area contributed by atoms with E-state index in [1.807, 2.05) is 0 Å².